The molecule has 3 N–H and O–H groups in total. The van der Waals surface area contributed by atoms with Crippen LogP contribution in [0.3, 0.4) is 0 Å². The first-order valence-corrected chi connectivity index (χ1v) is 6.67. The number of anilines is 1. The third-order valence-electron chi connectivity index (χ3n) is 2.94. The Labute approximate surface area is 125 Å². The summed E-state index contributed by atoms with van der Waals surface area (Å²) in [7, 11) is 0. The fourth-order valence-electron chi connectivity index (χ4n) is 2.00. The molecule has 113 valence electrons. The molecule has 0 aliphatic carbocycles. The van der Waals surface area contributed by atoms with E-state index in [2.05, 4.69) is 17.3 Å². The van der Waals surface area contributed by atoms with E-state index in [1.54, 1.807) is 4.68 Å². The van der Waals surface area contributed by atoms with Gasteiger partial charge in [0.05, 0.1) is 11.1 Å². The number of hydrogen-bond donors (Lipinski definition) is 2. The molecule has 0 fully saturated rings. The summed E-state index contributed by atoms with van der Waals surface area (Å²) in [6, 6.07) is 3.48. The Morgan fingerprint density at radius 2 is 2.14 bits per heavy atom. The number of alkyl halides is 3. The molecule has 0 unspecified atom stereocenters. The van der Waals surface area contributed by atoms with Gasteiger partial charge in [-0.2, -0.15) is 18.3 Å². The van der Waals surface area contributed by atoms with Gasteiger partial charge in [-0.15, -0.1) is 0 Å². The van der Waals surface area contributed by atoms with Gasteiger partial charge in [0.1, 0.15) is 0 Å². The maximum atomic E-state index is 12.8. The van der Waals surface area contributed by atoms with Crippen molar-refractivity contribution < 1.29 is 13.2 Å². The predicted octanol–water partition coefficient (Wildman–Crippen LogP) is 3.32. The molecule has 2 aromatic rings. The van der Waals surface area contributed by atoms with Gasteiger partial charge in [0.2, 0.25) is 0 Å². The van der Waals surface area contributed by atoms with Gasteiger partial charge in [-0.25, -0.2) is 0 Å². The molecule has 0 bridgehead atoms. The molecule has 1 radical (unpaired) electrons. The van der Waals surface area contributed by atoms with Gasteiger partial charge < -0.3 is 11.1 Å². The summed E-state index contributed by atoms with van der Waals surface area (Å²) in [5, 5.41) is 7.14. The van der Waals surface area contributed by atoms with E-state index >= 15 is 0 Å². The zero-order chi connectivity index (χ0) is 15.6. The lowest BCUT2D eigenvalue weighted by atomic mass is 10.1. The third kappa shape index (κ3) is 3.44. The number of hydrogen-bond acceptors (Lipinski definition) is 2. The Kier molecular flexibility index (Phi) is 4.36. The molecule has 0 saturated heterocycles. The SMILES string of the molecule is [CH2]CCCn1nc(NC(N)=S)c2cc(C(F)(F)F)ccc21. The van der Waals surface area contributed by atoms with Crippen LogP contribution in [0.2, 0.25) is 0 Å². The topological polar surface area (TPSA) is 55.9 Å². The Hall–Kier alpha value is -1.83. The van der Waals surface area contributed by atoms with Crippen molar-refractivity contribution in [3.63, 3.8) is 0 Å². The molecule has 1 aromatic heterocycles. The van der Waals surface area contributed by atoms with E-state index in [0.717, 1.165) is 18.6 Å². The van der Waals surface area contributed by atoms with Gasteiger partial charge in [0.15, 0.2) is 10.9 Å². The maximum Gasteiger partial charge on any atom is 0.416 e. The first kappa shape index (κ1) is 15.6. The van der Waals surface area contributed by atoms with E-state index in [9.17, 15) is 13.2 Å². The summed E-state index contributed by atoms with van der Waals surface area (Å²) >= 11 is 4.73. The molecule has 0 aliphatic rings. The van der Waals surface area contributed by atoms with Crippen LogP contribution < -0.4 is 11.1 Å². The first-order valence-electron chi connectivity index (χ1n) is 6.26. The zero-order valence-electron chi connectivity index (χ0n) is 11.1. The summed E-state index contributed by atoms with van der Waals surface area (Å²) in [5.74, 6) is 0.229. The number of aromatic nitrogens is 2. The van der Waals surface area contributed by atoms with Crippen LogP contribution in [0, 0.1) is 6.92 Å². The Balaban J connectivity index is 2.55. The maximum absolute atomic E-state index is 12.8. The number of rotatable bonds is 4. The molecular weight excluding hydrogens is 301 g/mol. The molecule has 0 spiro atoms. The van der Waals surface area contributed by atoms with Gasteiger partial charge in [0.25, 0.3) is 0 Å². The van der Waals surface area contributed by atoms with Crippen LogP contribution in [0.1, 0.15) is 18.4 Å². The summed E-state index contributed by atoms with van der Waals surface area (Å²) in [4.78, 5) is 0. The van der Waals surface area contributed by atoms with Gasteiger partial charge in [0, 0.05) is 11.9 Å². The van der Waals surface area contributed by atoms with Crippen molar-refractivity contribution in [2.45, 2.75) is 25.6 Å². The van der Waals surface area contributed by atoms with Crippen LogP contribution in [0.4, 0.5) is 19.0 Å². The predicted molar refractivity (Wildman–Crippen MR) is 79.7 cm³/mol. The molecule has 0 saturated carbocycles. The van der Waals surface area contributed by atoms with Crippen molar-refractivity contribution in [3.05, 3.63) is 30.7 Å². The van der Waals surface area contributed by atoms with E-state index in [0.29, 0.717) is 23.9 Å². The number of halogens is 3. The van der Waals surface area contributed by atoms with Gasteiger partial charge in [-0.1, -0.05) is 13.3 Å². The Morgan fingerprint density at radius 1 is 1.43 bits per heavy atom. The average Bonchev–Trinajstić information content (AvgIpc) is 2.72. The molecule has 0 aliphatic heterocycles. The van der Waals surface area contributed by atoms with Crippen molar-refractivity contribution >= 4 is 34.1 Å². The highest BCUT2D eigenvalue weighted by Crippen LogP contribution is 2.33. The second-order valence-corrected chi connectivity index (χ2v) is 4.94. The minimum atomic E-state index is -4.41. The number of nitrogens with zero attached hydrogens (tertiary/aromatic N) is 2. The lowest BCUT2D eigenvalue weighted by Crippen LogP contribution is -2.19. The smallest absolute Gasteiger partial charge is 0.376 e. The van der Waals surface area contributed by atoms with Crippen LogP contribution in [-0.4, -0.2) is 14.9 Å². The summed E-state index contributed by atoms with van der Waals surface area (Å²) in [5.41, 5.74) is 5.24. The van der Waals surface area contributed by atoms with Crippen LogP contribution in [0.15, 0.2) is 18.2 Å². The minimum absolute atomic E-state index is 0.0453. The number of nitrogens with two attached hydrogens (primary N) is 1. The summed E-state index contributed by atoms with van der Waals surface area (Å²) in [6.07, 6.45) is -2.94. The lowest BCUT2D eigenvalue weighted by molar-refractivity contribution is -0.137. The fourth-order valence-corrected chi connectivity index (χ4v) is 2.09. The number of unbranched alkanes of at least 4 members (excludes halogenated alkanes) is 1. The normalized spacial score (nSPS) is 11.8. The molecule has 1 aromatic carbocycles. The highest BCUT2D eigenvalue weighted by atomic mass is 32.1. The number of fused-ring (bicyclic) bond motifs is 1. The van der Waals surface area contributed by atoms with Crippen molar-refractivity contribution in [2.24, 2.45) is 5.73 Å². The number of aryl methyl sites for hydroxylation is 1. The van der Waals surface area contributed by atoms with E-state index in [1.807, 2.05) is 0 Å². The van der Waals surface area contributed by atoms with Gasteiger partial charge in [-0.05, 0) is 36.8 Å². The molecule has 1 heterocycles. The van der Waals surface area contributed by atoms with Crippen molar-refractivity contribution in [1.82, 2.24) is 9.78 Å². The van der Waals surface area contributed by atoms with Crippen molar-refractivity contribution in [3.8, 4) is 0 Å². The molecular formula is C13H14F3N4S. The Bertz CT molecular complexity index is 663. The molecule has 8 heteroatoms. The van der Waals surface area contributed by atoms with E-state index < -0.39 is 11.7 Å². The van der Waals surface area contributed by atoms with Crippen molar-refractivity contribution in [2.75, 3.05) is 5.32 Å². The number of nitrogens with one attached hydrogen (secondary N) is 1. The monoisotopic (exact) mass is 315 g/mol. The summed E-state index contributed by atoms with van der Waals surface area (Å²) in [6.45, 7) is 4.30. The van der Waals surface area contributed by atoms with E-state index in [-0.39, 0.29) is 10.9 Å². The van der Waals surface area contributed by atoms with Gasteiger partial charge >= 0.3 is 6.18 Å². The van der Waals surface area contributed by atoms with Gasteiger partial charge in [-0.3, -0.25) is 4.68 Å². The number of thiocarbonyl (C=S) groups is 1. The largest absolute Gasteiger partial charge is 0.416 e. The van der Waals surface area contributed by atoms with Crippen LogP contribution in [-0.2, 0) is 12.7 Å². The zero-order valence-corrected chi connectivity index (χ0v) is 11.9. The minimum Gasteiger partial charge on any atom is -0.376 e. The first-order chi connectivity index (χ1) is 9.82. The molecule has 0 amide bonds. The molecule has 4 nitrogen and oxygen atoms in total. The molecule has 21 heavy (non-hydrogen) atoms. The number of benzene rings is 1. The van der Waals surface area contributed by atoms with Crippen LogP contribution in [0.25, 0.3) is 10.9 Å². The van der Waals surface area contributed by atoms with E-state index in [1.165, 1.54) is 6.07 Å². The second-order valence-electron chi connectivity index (χ2n) is 4.50. The third-order valence-corrected chi connectivity index (χ3v) is 3.04. The fraction of sp³-hybridized carbons (Fsp3) is 0.308. The van der Waals surface area contributed by atoms with Crippen molar-refractivity contribution in [1.29, 1.82) is 0 Å². The van der Waals surface area contributed by atoms with E-state index in [4.69, 9.17) is 18.0 Å². The lowest BCUT2D eigenvalue weighted by Gasteiger charge is -2.07. The van der Waals surface area contributed by atoms with Crippen LogP contribution in [0.5, 0.6) is 0 Å². The highest BCUT2D eigenvalue weighted by molar-refractivity contribution is 7.80. The summed E-state index contributed by atoms with van der Waals surface area (Å²) < 4.78 is 40.1. The molecule has 2 rings (SSSR count). The van der Waals surface area contributed by atoms with Crippen LogP contribution >= 0.6 is 12.2 Å². The second kappa shape index (κ2) is 5.88. The quantitative estimate of drug-likeness (QED) is 0.850. The highest BCUT2D eigenvalue weighted by Gasteiger charge is 2.31. The average molecular weight is 315 g/mol. The Morgan fingerprint density at radius 3 is 2.71 bits per heavy atom. The standard InChI is InChI=1S/C13H14F3N4S/c1-2-3-6-20-10-5-4-8(13(14,15)16)7-9(10)11(19-20)18-12(17)21/h4-5,7H,1-3,6H2,(H3,17,18,19,21). The molecule has 0 atom stereocenters.